The highest BCUT2D eigenvalue weighted by atomic mass is 35.5. The van der Waals surface area contributed by atoms with E-state index in [1.807, 2.05) is 12.1 Å². The molecule has 1 fully saturated rings. The van der Waals surface area contributed by atoms with Crippen LogP contribution in [0.5, 0.6) is 0 Å². The number of nitrogen functional groups attached to an aromatic ring is 1. The average Bonchev–Trinajstić information content (AvgIpc) is 2.32. The van der Waals surface area contributed by atoms with Gasteiger partial charge in [-0.3, -0.25) is 0 Å². The molecule has 0 radical (unpaired) electrons. The molecule has 16 heavy (non-hydrogen) atoms. The third kappa shape index (κ3) is 2.89. The first-order chi connectivity index (χ1) is 7.77. The van der Waals surface area contributed by atoms with Crippen LogP contribution in [-0.2, 0) is 6.42 Å². The van der Waals surface area contributed by atoms with Crippen molar-refractivity contribution in [2.24, 2.45) is 5.92 Å². The van der Waals surface area contributed by atoms with Crippen LogP contribution in [0.25, 0.3) is 0 Å². The molecule has 2 nitrogen and oxygen atoms in total. The van der Waals surface area contributed by atoms with Crippen LogP contribution in [0.2, 0.25) is 5.02 Å². The van der Waals surface area contributed by atoms with E-state index < -0.39 is 0 Å². The predicted octanol–water partition coefficient (Wildman–Crippen LogP) is 2.85. The second kappa shape index (κ2) is 5.55. The molecule has 0 saturated carbocycles. The molecule has 0 bridgehead atoms. The van der Waals surface area contributed by atoms with Crippen LogP contribution >= 0.6 is 11.6 Å². The largest absolute Gasteiger partial charge is 0.397 e. The maximum Gasteiger partial charge on any atom is 0.0638 e. The Hall–Kier alpha value is -0.730. The Kier molecular flexibility index (Phi) is 4.08. The lowest BCUT2D eigenvalue weighted by molar-refractivity contribution is 0.354. The molecule has 0 aliphatic carbocycles. The lowest BCUT2D eigenvalue weighted by Crippen LogP contribution is -2.27. The highest BCUT2D eigenvalue weighted by Gasteiger charge is 2.13. The van der Waals surface area contributed by atoms with Crippen LogP contribution < -0.4 is 11.1 Å². The molecule has 1 heterocycles. The summed E-state index contributed by atoms with van der Waals surface area (Å²) < 4.78 is 0. The first-order valence-corrected chi connectivity index (χ1v) is 6.39. The Morgan fingerprint density at radius 1 is 1.31 bits per heavy atom. The van der Waals surface area contributed by atoms with E-state index in [1.165, 1.54) is 24.8 Å². The normalized spacial score (nSPS) is 17.6. The van der Waals surface area contributed by atoms with Crippen LogP contribution in [0, 0.1) is 5.92 Å². The van der Waals surface area contributed by atoms with Crippen LogP contribution in [-0.4, -0.2) is 13.1 Å². The molecule has 2 rings (SSSR count). The van der Waals surface area contributed by atoms with Crippen LogP contribution in [0.3, 0.4) is 0 Å². The van der Waals surface area contributed by atoms with Crippen LogP contribution in [0.15, 0.2) is 18.2 Å². The highest BCUT2D eigenvalue weighted by molar-refractivity contribution is 6.33. The zero-order valence-electron chi connectivity index (χ0n) is 9.51. The molecule has 0 aromatic heterocycles. The Morgan fingerprint density at radius 2 is 2.06 bits per heavy atom. The van der Waals surface area contributed by atoms with Gasteiger partial charge in [-0.05, 0) is 56.3 Å². The molecule has 1 aliphatic rings. The molecule has 1 saturated heterocycles. The first-order valence-electron chi connectivity index (χ1n) is 6.01. The lowest BCUT2D eigenvalue weighted by Gasteiger charge is -2.22. The SMILES string of the molecule is Nc1c(Cl)cccc1CCC1CCNCC1. The number of aryl methyl sites for hydroxylation is 1. The number of nitrogens with one attached hydrogen (secondary N) is 1. The summed E-state index contributed by atoms with van der Waals surface area (Å²) >= 11 is 6.00. The molecular weight excluding hydrogens is 220 g/mol. The number of piperidine rings is 1. The fraction of sp³-hybridized carbons (Fsp3) is 0.538. The molecule has 0 spiro atoms. The zero-order chi connectivity index (χ0) is 11.4. The van der Waals surface area contributed by atoms with E-state index in [0.717, 1.165) is 31.1 Å². The van der Waals surface area contributed by atoms with E-state index in [4.69, 9.17) is 17.3 Å². The van der Waals surface area contributed by atoms with Crippen molar-refractivity contribution in [2.45, 2.75) is 25.7 Å². The number of halogens is 1. The van der Waals surface area contributed by atoms with Gasteiger partial charge in [0.25, 0.3) is 0 Å². The molecule has 1 aromatic carbocycles. The predicted molar refractivity (Wildman–Crippen MR) is 69.8 cm³/mol. The molecule has 0 unspecified atom stereocenters. The summed E-state index contributed by atoms with van der Waals surface area (Å²) in [5, 5.41) is 4.07. The summed E-state index contributed by atoms with van der Waals surface area (Å²) in [6.45, 7) is 2.32. The van der Waals surface area contributed by atoms with E-state index in [-0.39, 0.29) is 0 Å². The molecule has 0 amide bonds. The Morgan fingerprint density at radius 3 is 2.81 bits per heavy atom. The van der Waals surface area contributed by atoms with Gasteiger partial charge < -0.3 is 11.1 Å². The van der Waals surface area contributed by atoms with E-state index in [2.05, 4.69) is 11.4 Å². The van der Waals surface area contributed by atoms with Crippen molar-refractivity contribution >= 4 is 17.3 Å². The van der Waals surface area contributed by atoms with Gasteiger partial charge in [-0.25, -0.2) is 0 Å². The van der Waals surface area contributed by atoms with Crippen molar-refractivity contribution in [1.29, 1.82) is 0 Å². The van der Waals surface area contributed by atoms with Crippen molar-refractivity contribution < 1.29 is 0 Å². The Balaban J connectivity index is 1.91. The van der Waals surface area contributed by atoms with E-state index in [9.17, 15) is 0 Å². The van der Waals surface area contributed by atoms with Gasteiger partial charge in [0.1, 0.15) is 0 Å². The fourth-order valence-corrected chi connectivity index (χ4v) is 2.52. The number of hydrogen-bond acceptors (Lipinski definition) is 2. The van der Waals surface area contributed by atoms with Gasteiger partial charge in [0.2, 0.25) is 0 Å². The summed E-state index contributed by atoms with van der Waals surface area (Å²) in [4.78, 5) is 0. The number of benzene rings is 1. The molecule has 3 heteroatoms. The summed E-state index contributed by atoms with van der Waals surface area (Å²) in [6.07, 6.45) is 4.87. The first kappa shape index (κ1) is 11.7. The Bertz CT molecular complexity index is 346. The minimum Gasteiger partial charge on any atom is -0.397 e. The molecule has 88 valence electrons. The fourth-order valence-electron chi connectivity index (χ4n) is 2.33. The third-order valence-electron chi connectivity index (χ3n) is 3.42. The zero-order valence-corrected chi connectivity index (χ0v) is 10.3. The number of anilines is 1. The van der Waals surface area contributed by atoms with Gasteiger partial charge in [0.05, 0.1) is 10.7 Å². The summed E-state index contributed by atoms with van der Waals surface area (Å²) in [5.74, 6) is 0.847. The summed E-state index contributed by atoms with van der Waals surface area (Å²) in [6, 6.07) is 5.92. The highest BCUT2D eigenvalue weighted by Crippen LogP contribution is 2.26. The van der Waals surface area contributed by atoms with Gasteiger partial charge in [-0.1, -0.05) is 23.7 Å². The number of rotatable bonds is 3. The average molecular weight is 239 g/mol. The molecule has 0 atom stereocenters. The standard InChI is InChI=1S/C13H19ClN2/c14-12-3-1-2-11(13(12)15)5-4-10-6-8-16-9-7-10/h1-3,10,16H,4-9,15H2. The van der Waals surface area contributed by atoms with E-state index >= 15 is 0 Å². The van der Waals surface area contributed by atoms with E-state index in [0.29, 0.717) is 5.02 Å². The minimum atomic E-state index is 0.683. The quantitative estimate of drug-likeness (QED) is 0.795. The van der Waals surface area contributed by atoms with Gasteiger partial charge in [0.15, 0.2) is 0 Å². The van der Waals surface area contributed by atoms with E-state index in [1.54, 1.807) is 0 Å². The summed E-state index contributed by atoms with van der Waals surface area (Å²) in [5.41, 5.74) is 7.92. The van der Waals surface area contributed by atoms with Gasteiger partial charge in [-0.15, -0.1) is 0 Å². The smallest absolute Gasteiger partial charge is 0.0638 e. The topological polar surface area (TPSA) is 38.0 Å². The van der Waals surface area contributed by atoms with Crippen molar-refractivity contribution in [1.82, 2.24) is 5.32 Å². The number of nitrogens with two attached hydrogens (primary N) is 1. The maximum atomic E-state index is 6.00. The second-order valence-electron chi connectivity index (χ2n) is 4.54. The van der Waals surface area contributed by atoms with Gasteiger partial charge in [0, 0.05) is 0 Å². The molecule has 3 N–H and O–H groups in total. The molecular formula is C13H19ClN2. The minimum absolute atomic E-state index is 0.683. The molecule has 1 aliphatic heterocycles. The lowest BCUT2D eigenvalue weighted by atomic mass is 9.91. The number of hydrogen-bond donors (Lipinski definition) is 2. The maximum absolute atomic E-state index is 6.00. The third-order valence-corrected chi connectivity index (χ3v) is 3.75. The van der Waals surface area contributed by atoms with Crippen LogP contribution in [0.4, 0.5) is 5.69 Å². The Labute approximate surface area is 102 Å². The van der Waals surface area contributed by atoms with Gasteiger partial charge in [-0.2, -0.15) is 0 Å². The van der Waals surface area contributed by atoms with Crippen molar-refractivity contribution in [3.63, 3.8) is 0 Å². The second-order valence-corrected chi connectivity index (χ2v) is 4.95. The monoisotopic (exact) mass is 238 g/mol. The van der Waals surface area contributed by atoms with Crippen molar-refractivity contribution in [3.05, 3.63) is 28.8 Å². The number of para-hydroxylation sites is 1. The summed E-state index contributed by atoms with van der Waals surface area (Å²) in [7, 11) is 0. The van der Waals surface area contributed by atoms with Gasteiger partial charge >= 0.3 is 0 Å². The van der Waals surface area contributed by atoms with Crippen LogP contribution in [0.1, 0.15) is 24.8 Å². The van der Waals surface area contributed by atoms with Crippen molar-refractivity contribution in [2.75, 3.05) is 18.8 Å². The molecule has 1 aromatic rings. The van der Waals surface area contributed by atoms with Crippen molar-refractivity contribution in [3.8, 4) is 0 Å².